The van der Waals surface area contributed by atoms with Crippen molar-refractivity contribution in [2.75, 3.05) is 25.1 Å². The van der Waals surface area contributed by atoms with Crippen molar-refractivity contribution in [3.05, 3.63) is 28.3 Å². The Balaban J connectivity index is 2.26. The van der Waals surface area contributed by atoms with E-state index in [4.69, 9.17) is 11.2 Å². The highest BCUT2D eigenvalue weighted by Crippen LogP contribution is 2.32. The number of benzene rings is 1. The normalized spacial score (nSPS) is 18.7. The first-order chi connectivity index (χ1) is 9.15. The first kappa shape index (κ1) is 13.2. The van der Waals surface area contributed by atoms with Crippen molar-refractivity contribution in [3.8, 4) is 18.1 Å². The van der Waals surface area contributed by atoms with Crippen LogP contribution in [0.1, 0.15) is 12.8 Å². The summed E-state index contributed by atoms with van der Waals surface area (Å²) in [5.74, 6) is 3.31. The molecule has 0 radical (unpaired) electrons. The van der Waals surface area contributed by atoms with Gasteiger partial charge in [0.25, 0.3) is 0 Å². The lowest BCUT2D eigenvalue weighted by Gasteiger charge is -2.32. The van der Waals surface area contributed by atoms with Crippen LogP contribution >= 0.6 is 0 Å². The Kier molecular flexibility index (Phi) is 3.91. The second-order valence-electron chi connectivity index (χ2n) is 4.57. The summed E-state index contributed by atoms with van der Waals surface area (Å²) < 4.78 is 5.08. The number of nitrogens with zero attached hydrogens (tertiary/aromatic N) is 2. The van der Waals surface area contributed by atoms with Crippen molar-refractivity contribution in [3.63, 3.8) is 0 Å². The summed E-state index contributed by atoms with van der Waals surface area (Å²) in [6.07, 6.45) is 7.55. The minimum Gasteiger partial charge on any atom is -0.490 e. The van der Waals surface area contributed by atoms with Crippen LogP contribution in [0.2, 0.25) is 0 Å². The van der Waals surface area contributed by atoms with E-state index < -0.39 is 4.92 Å². The van der Waals surface area contributed by atoms with Crippen LogP contribution in [0.25, 0.3) is 0 Å². The largest absolute Gasteiger partial charge is 0.490 e. The third kappa shape index (κ3) is 2.79. The highest BCUT2D eigenvalue weighted by molar-refractivity contribution is 5.59. The van der Waals surface area contributed by atoms with Crippen LogP contribution in [-0.2, 0) is 0 Å². The van der Waals surface area contributed by atoms with Gasteiger partial charge in [0.05, 0.1) is 12.0 Å². The molecule has 1 heterocycles. The van der Waals surface area contributed by atoms with E-state index >= 15 is 0 Å². The first-order valence-corrected chi connectivity index (χ1v) is 6.19. The van der Waals surface area contributed by atoms with Crippen molar-refractivity contribution in [2.45, 2.75) is 12.8 Å². The molecule has 5 heteroatoms. The van der Waals surface area contributed by atoms with Gasteiger partial charge in [-0.25, -0.2) is 0 Å². The van der Waals surface area contributed by atoms with E-state index in [0.29, 0.717) is 0 Å². The van der Waals surface area contributed by atoms with Gasteiger partial charge >= 0.3 is 5.69 Å². The van der Waals surface area contributed by atoms with E-state index in [1.807, 2.05) is 0 Å². The summed E-state index contributed by atoms with van der Waals surface area (Å²) in [4.78, 5) is 12.6. The molecule has 1 aromatic carbocycles. The number of ether oxygens (including phenoxy) is 1. The predicted molar refractivity (Wildman–Crippen MR) is 73.4 cm³/mol. The summed E-state index contributed by atoms with van der Waals surface area (Å²) >= 11 is 0. The van der Waals surface area contributed by atoms with Crippen LogP contribution in [0.4, 0.5) is 11.4 Å². The van der Waals surface area contributed by atoms with Gasteiger partial charge in [0, 0.05) is 36.8 Å². The number of anilines is 1. The molecule has 5 nitrogen and oxygen atoms in total. The molecule has 0 saturated carbocycles. The van der Waals surface area contributed by atoms with E-state index in [2.05, 4.69) is 10.8 Å². The topological polar surface area (TPSA) is 55.6 Å². The maximum atomic E-state index is 10.9. The summed E-state index contributed by atoms with van der Waals surface area (Å²) in [6, 6.07) is 4.93. The standard InChI is InChI=1S/C14H16N2O3/c1-3-11-5-4-8-15(10-11)12-6-7-13(16(17)18)14(9-12)19-2/h1,6-7,9,11H,4-5,8,10H2,2H3/t11-/m1/s1. The lowest BCUT2D eigenvalue weighted by molar-refractivity contribution is -0.385. The number of rotatable bonds is 3. The highest BCUT2D eigenvalue weighted by atomic mass is 16.6. The molecule has 1 aliphatic rings. The lowest BCUT2D eigenvalue weighted by Crippen LogP contribution is -2.34. The number of nitro benzene ring substituents is 1. The highest BCUT2D eigenvalue weighted by Gasteiger charge is 2.21. The minimum atomic E-state index is -0.441. The second-order valence-corrected chi connectivity index (χ2v) is 4.57. The van der Waals surface area contributed by atoms with E-state index in [1.165, 1.54) is 13.2 Å². The van der Waals surface area contributed by atoms with Gasteiger partial charge in [0.1, 0.15) is 0 Å². The summed E-state index contributed by atoms with van der Waals surface area (Å²) in [5.41, 5.74) is 0.902. The molecule has 0 aliphatic carbocycles. The van der Waals surface area contributed by atoms with Gasteiger partial charge in [-0.15, -0.1) is 12.3 Å². The van der Waals surface area contributed by atoms with E-state index in [0.717, 1.165) is 31.6 Å². The van der Waals surface area contributed by atoms with Gasteiger partial charge < -0.3 is 9.64 Å². The van der Waals surface area contributed by atoms with E-state index in [1.54, 1.807) is 12.1 Å². The number of methoxy groups -OCH3 is 1. The fourth-order valence-corrected chi connectivity index (χ4v) is 2.36. The number of nitro groups is 1. The van der Waals surface area contributed by atoms with Gasteiger partial charge in [0.15, 0.2) is 5.75 Å². The van der Waals surface area contributed by atoms with Gasteiger partial charge in [-0.2, -0.15) is 0 Å². The molecule has 1 aliphatic heterocycles. The molecule has 0 aromatic heterocycles. The molecule has 1 aromatic rings. The van der Waals surface area contributed by atoms with Crippen molar-refractivity contribution in [2.24, 2.45) is 5.92 Å². The zero-order valence-electron chi connectivity index (χ0n) is 10.8. The van der Waals surface area contributed by atoms with E-state index in [-0.39, 0.29) is 17.4 Å². The predicted octanol–water partition coefficient (Wildman–Crippen LogP) is 2.45. The average Bonchev–Trinajstić information content (AvgIpc) is 2.46. The van der Waals surface area contributed by atoms with Crippen LogP contribution < -0.4 is 9.64 Å². The number of terminal acetylenes is 1. The van der Waals surface area contributed by atoms with Gasteiger partial charge in [-0.1, -0.05) is 0 Å². The quantitative estimate of drug-likeness (QED) is 0.476. The van der Waals surface area contributed by atoms with Crippen molar-refractivity contribution >= 4 is 11.4 Å². The van der Waals surface area contributed by atoms with Gasteiger partial charge in [-0.05, 0) is 18.9 Å². The number of piperidine rings is 1. The van der Waals surface area contributed by atoms with Crippen molar-refractivity contribution in [1.29, 1.82) is 0 Å². The summed E-state index contributed by atoms with van der Waals surface area (Å²) in [5, 5.41) is 10.9. The molecule has 0 unspecified atom stereocenters. The minimum absolute atomic E-state index is 0.0169. The fraction of sp³-hybridized carbons (Fsp3) is 0.429. The van der Waals surface area contributed by atoms with Crippen LogP contribution in [0.5, 0.6) is 5.75 Å². The molecule has 1 fully saturated rings. The molecule has 0 N–H and O–H groups in total. The van der Waals surface area contributed by atoms with Crippen molar-refractivity contribution in [1.82, 2.24) is 0 Å². The van der Waals surface area contributed by atoms with Crippen LogP contribution in [0.15, 0.2) is 18.2 Å². The number of hydrogen-bond acceptors (Lipinski definition) is 4. The molecule has 0 amide bonds. The molecule has 100 valence electrons. The smallest absolute Gasteiger partial charge is 0.311 e. The SMILES string of the molecule is C#C[C@@H]1CCCN(c2ccc([N+](=O)[O-])c(OC)c2)C1. The summed E-state index contributed by atoms with van der Waals surface area (Å²) in [6.45, 7) is 1.70. The Bertz CT molecular complexity index is 522. The molecule has 1 atom stereocenters. The van der Waals surface area contributed by atoms with Crippen LogP contribution in [0.3, 0.4) is 0 Å². The fourth-order valence-electron chi connectivity index (χ4n) is 2.36. The molecule has 0 spiro atoms. The molecular weight excluding hydrogens is 244 g/mol. The van der Waals surface area contributed by atoms with Gasteiger partial charge in [0.2, 0.25) is 0 Å². The Labute approximate surface area is 112 Å². The number of hydrogen-bond donors (Lipinski definition) is 0. The third-order valence-corrected chi connectivity index (χ3v) is 3.38. The maximum absolute atomic E-state index is 10.9. The van der Waals surface area contributed by atoms with Crippen molar-refractivity contribution < 1.29 is 9.66 Å². The molecular formula is C14H16N2O3. The molecule has 2 rings (SSSR count). The van der Waals surface area contributed by atoms with E-state index in [9.17, 15) is 10.1 Å². The maximum Gasteiger partial charge on any atom is 0.311 e. The first-order valence-electron chi connectivity index (χ1n) is 6.19. The molecule has 1 saturated heterocycles. The monoisotopic (exact) mass is 260 g/mol. The van der Waals surface area contributed by atoms with Crippen LogP contribution in [0, 0.1) is 28.4 Å². The third-order valence-electron chi connectivity index (χ3n) is 3.38. The van der Waals surface area contributed by atoms with Crippen LogP contribution in [-0.4, -0.2) is 25.1 Å². The molecule has 0 bridgehead atoms. The van der Waals surface area contributed by atoms with Gasteiger partial charge in [-0.3, -0.25) is 10.1 Å². The average molecular weight is 260 g/mol. The molecule has 19 heavy (non-hydrogen) atoms. The second kappa shape index (κ2) is 5.61. The Morgan fingerprint density at radius 1 is 1.58 bits per heavy atom. The zero-order chi connectivity index (χ0) is 13.8. The Morgan fingerprint density at radius 2 is 2.37 bits per heavy atom. The zero-order valence-corrected chi connectivity index (χ0v) is 10.8. The lowest BCUT2D eigenvalue weighted by atomic mass is 9.98. The summed E-state index contributed by atoms with van der Waals surface area (Å²) in [7, 11) is 1.44. The Hall–Kier alpha value is -2.22. The Morgan fingerprint density at radius 3 is 3.00 bits per heavy atom.